The van der Waals surface area contributed by atoms with Crippen molar-refractivity contribution in [1.29, 1.82) is 0 Å². The molecule has 4 rings (SSSR count). The van der Waals surface area contributed by atoms with E-state index in [1.165, 1.54) is 0 Å². The Morgan fingerprint density at radius 1 is 1.17 bits per heavy atom. The second kappa shape index (κ2) is 5.81. The van der Waals surface area contributed by atoms with Gasteiger partial charge in [-0.05, 0) is 36.2 Å². The molecule has 5 nitrogen and oxygen atoms in total. The van der Waals surface area contributed by atoms with Crippen molar-refractivity contribution in [2.45, 2.75) is 12.8 Å². The highest BCUT2D eigenvalue weighted by molar-refractivity contribution is 7.14. The summed E-state index contributed by atoms with van der Waals surface area (Å²) in [5.41, 5.74) is 4.06. The minimum absolute atomic E-state index is 0.0840. The highest BCUT2D eigenvalue weighted by atomic mass is 32.1. The molecule has 0 saturated heterocycles. The summed E-state index contributed by atoms with van der Waals surface area (Å²) >= 11 is 1.55. The van der Waals surface area contributed by atoms with Crippen LogP contribution in [0.4, 0.5) is 16.6 Å². The van der Waals surface area contributed by atoms with Crippen molar-refractivity contribution in [3.8, 4) is 11.3 Å². The summed E-state index contributed by atoms with van der Waals surface area (Å²) < 4.78 is 0. The van der Waals surface area contributed by atoms with Crippen molar-refractivity contribution in [2.24, 2.45) is 0 Å². The number of pyridine rings is 1. The molecule has 3 heterocycles. The van der Waals surface area contributed by atoms with Crippen molar-refractivity contribution in [1.82, 2.24) is 9.97 Å². The highest BCUT2D eigenvalue weighted by Gasteiger charge is 2.15. The van der Waals surface area contributed by atoms with E-state index in [-0.39, 0.29) is 5.91 Å². The lowest BCUT2D eigenvalue weighted by molar-refractivity contribution is -0.116. The average molecular weight is 322 g/mol. The highest BCUT2D eigenvalue weighted by Crippen LogP contribution is 2.31. The minimum Gasteiger partial charge on any atom is -0.326 e. The topological polar surface area (TPSA) is 66.9 Å². The van der Waals surface area contributed by atoms with Gasteiger partial charge in [0.25, 0.3) is 0 Å². The first kappa shape index (κ1) is 13.9. The number of anilines is 3. The molecule has 2 N–H and O–H groups in total. The number of rotatable bonds is 3. The molecule has 114 valence electrons. The van der Waals surface area contributed by atoms with Gasteiger partial charge in [0.15, 0.2) is 5.13 Å². The average Bonchev–Trinajstić information content (AvgIpc) is 3.04. The molecule has 0 fully saturated rings. The first-order valence-electron chi connectivity index (χ1n) is 7.35. The van der Waals surface area contributed by atoms with Crippen molar-refractivity contribution in [2.75, 3.05) is 10.6 Å². The fourth-order valence-corrected chi connectivity index (χ4v) is 3.28. The third-order valence-electron chi connectivity index (χ3n) is 3.70. The van der Waals surface area contributed by atoms with Crippen molar-refractivity contribution >= 4 is 33.9 Å². The third-order valence-corrected chi connectivity index (χ3v) is 4.46. The molecule has 0 atom stereocenters. The summed E-state index contributed by atoms with van der Waals surface area (Å²) in [5, 5.41) is 8.93. The predicted molar refractivity (Wildman–Crippen MR) is 92.0 cm³/mol. The standard InChI is InChI=1S/C17H14N4OS/c22-16-7-5-11-9-12(4-6-13(11)19-16)14-10-23-17(20-14)21-15-3-1-2-8-18-15/h1-4,6,8-10H,5,7H2,(H,19,22)(H,18,20,21). The Hall–Kier alpha value is -2.73. The van der Waals surface area contributed by atoms with E-state index in [4.69, 9.17) is 0 Å². The first-order valence-corrected chi connectivity index (χ1v) is 8.23. The van der Waals surface area contributed by atoms with E-state index in [2.05, 4.69) is 26.7 Å². The summed E-state index contributed by atoms with van der Waals surface area (Å²) in [7, 11) is 0. The van der Waals surface area contributed by atoms with Gasteiger partial charge in [-0.1, -0.05) is 12.1 Å². The number of hydrogen-bond donors (Lipinski definition) is 2. The molecular weight excluding hydrogens is 308 g/mol. The van der Waals surface area contributed by atoms with Crippen LogP contribution in [0.2, 0.25) is 0 Å². The Balaban J connectivity index is 1.58. The molecular formula is C17H14N4OS. The van der Waals surface area contributed by atoms with Crippen LogP contribution < -0.4 is 10.6 Å². The lowest BCUT2D eigenvalue weighted by atomic mass is 9.99. The Kier molecular flexibility index (Phi) is 3.51. The van der Waals surface area contributed by atoms with Crippen LogP contribution in [-0.2, 0) is 11.2 Å². The number of aromatic nitrogens is 2. The van der Waals surface area contributed by atoms with Crippen LogP contribution >= 0.6 is 11.3 Å². The molecule has 0 radical (unpaired) electrons. The molecule has 1 aliphatic heterocycles. The number of aryl methyl sites for hydroxylation is 1. The van der Waals surface area contributed by atoms with Gasteiger partial charge in [0.2, 0.25) is 5.91 Å². The van der Waals surface area contributed by atoms with Gasteiger partial charge < -0.3 is 10.6 Å². The Morgan fingerprint density at radius 3 is 3.00 bits per heavy atom. The molecule has 0 saturated carbocycles. The molecule has 23 heavy (non-hydrogen) atoms. The summed E-state index contributed by atoms with van der Waals surface area (Å²) in [6.45, 7) is 0. The lowest BCUT2D eigenvalue weighted by Crippen LogP contribution is -2.18. The number of thiazole rings is 1. The number of fused-ring (bicyclic) bond motifs is 1. The van der Waals surface area contributed by atoms with E-state index < -0.39 is 0 Å². The monoisotopic (exact) mass is 322 g/mol. The van der Waals surface area contributed by atoms with E-state index in [1.54, 1.807) is 17.5 Å². The number of nitrogens with one attached hydrogen (secondary N) is 2. The number of benzene rings is 1. The maximum absolute atomic E-state index is 11.4. The normalized spacial score (nSPS) is 13.3. The Bertz CT molecular complexity index is 860. The van der Waals surface area contributed by atoms with E-state index in [1.807, 2.05) is 35.7 Å². The van der Waals surface area contributed by atoms with Gasteiger partial charge in [0, 0.05) is 29.2 Å². The van der Waals surface area contributed by atoms with Crippen molar-refractivity contribution in [3.63, 3.8) is 0 Å². The molecule has 6 heteroatoms. The van der Waals surface area contributed by atoms with Crippen molar-refractivity contribution < 1.29 is 4.79 Å². The van der Waals surface area contributed by atoms with E-state index in [0.717, 1.165) is 39.9 Å². The van der Waals surface area contributed by atoms with E-state index in [0.29, 0.717) is 6.42 Å². The van der Waals surface area contributed by atoms with E-state index >= 15 is 0 Å². The first-order chi connectivity index (χ1) is 11.3. The summed E-state index contributed by atoms with van der Waals surface area (Å²) in [6.07, 6.45) is 3.06. The molecule has 0 unspecified atom stereocenters. The lowest BCUT2D eigenvalue weighted by Gasteiger charge is -2.17. The van der Waals surface area contributed by atoms with Gasteiger partial charge in [-0.25, -0.2) is 9.97 Å². The van der Waals surface area contributed by atoms with Crippen LogP contribution in [0.5, 0.6) is 0 Å². The van der Waals surface area contributed by atoms with Crippen LogP contribution in [0.3, 0.4) is 0 Å². The van der Waals surface area contributed by atoms with Gasteiger partial charge in [-0.3, -0.25) is 4.79 Å². The molecule has 0 bridgehead atoms. The van der Waals surface area contributed by atoms with Crippen molar-refractivity contribution in [3.05, 3.63) is 53.5 Å². The second-order valence-corrected chi connectivity index (χ2v) is 6.16. The molecule has 3 aromatic rings. The fourth-order valence-electron chi connectivity index (χ4n) is 2.55. The molecule has 1 amide bonds. The van der Waals surface area contributed by atoms with Gasteiger partial charge in [0.1, 0.15) is 5.82 Å². The quantitative estimate of drug-likeness (QED) is 0.769. The van der Waals surface area contributed by atoms with E-state index in [9.17, 15) is 4.79 Å². The number of carbonyl (C=O) groups is 1. The molecule has 1 aromatic carbocycles. The second-order valence-electron chi connectivity index (χ2n) is 5.30. The Morgan fingerprint density at radius 2 is 2.13 bits per heavy atom. The molecule has 2 aromatic heterocycles. The number of hydrogen-bond acceptors (Lipinski definition) is 5. The Labute approximate surface area is 137 Å². The van der Waals surface area contributed by atoms with Crippen LogP contribution in [0.1, 0.15) is 12.0 Å². The maximum Gasteiger partial charge on any atom is 0.224 e. The number of carbonyl (C=O) groups excluding carboxylic acids is 1. The SMILES string of the molecule is O=C1CCc2cc(-c3csc(Nc4ccccn4)n3)ccc2N1. The summed E-state index contributed by atoms with van der Waals surface area (Å²) in [5.74, 6) is 0.863. The third kappa shape index (κ3) is 2.93. The number of nitrogens with zero attached hydrogens (tertiary/aromatic N) is 2. The zero-order chi connectivity index (χ0) is 15.6. The van der Waals surface area contributed by atoms with Gasteiger partial charge in [-0.2, -0.15) is 0 Å². The van der Waals surface area contributed by atoms with Crippen LogP contribution in [-0.4, -0.2) is 15.9 Å². The van der Waals surface area contributed by atoms with Crippen LogP contribution in [0, 0.1) is 0 Å². The predicted octanol–water partition coefficient (Wildman–Crippen LogP) is 3.83. The summed E-state index contributed by atoms with van der Waals surface area (Å²) in [4.78, 5) is 20.3. The molecule has 0 aliphatic carbocycles. The largest absolute Gasteiger partial charge is 0.326 e. The zero-order valence-electron chi connectivity index (χ0n) is 12.2. The van der Waals surface area contributed by atoms with Gasteiger partial charge in [-0.15, -0.1) is 11.3 Å². The smallest absolute Gasteiger partial charge is 0.224 e. The summed E-state index contributed by atoms with van der Waals surface area (Å²) in [6, 6.07) is 11.8. The zero-order valence-corrected chi connectivity index (χ0v) is 13.1. The maximum atomic E-state index is 11.4. The van der Waals surface area contributed by atoms with Crippen LogP contribution in [0.15, 0.2) is 48.0 Å². The fraction of sp³-hybridized carbons (Fsp3) is 0.118. The number of amides is 1. The minimum atomic E-state index is 0.0840. The van der Waals surface area contributed by atoms with Gasteiger partial charge >= 0.3 is 0 Å². The molecule has 0 spiro atoms. The molecule has 1 aliphatic rings. The van der Waals surface area contributed by atoms with Crippen LogP contribution in [0.25, 0.3) is 11.3 Å². The van der Waals surface area contributed by atoms with Gasteiger partial charge in [0.05, 0.1) is 5.69 Å².